The Kier molecular flexibility index (Phi) is 5.04. The summed E-state index contributed by atoms with van der Waals surface area (Å²) < 4.78 is 1.73. The van der Waals surface area contributed by atoms with E-state index in [-0.39, 0.29) is 0 Å². The molecule has 15 heavy (non-hydrogen) atoms. The van der Waals surface area contributed by atoms with E-state index in [1.54, 1.807) is 4.68 Å². The van der Waals surface area contributed by atoms with Crippen molar-refractivity contribution in [3.05, 3.63) is 24.0 Å². The van der Waals surface area contributed by atoms with Gasteiger partial charge in [-0.05, 0) is 13.0 Å². The molecule has 0 spiro atoms. The van der Waals surface area contributed by atoms with Gasteiger partial charge in [0, 0.05) is 25.7 Å². The molecule has 0 aliphatic rings. The summed E-state index contributed by atoms with van der Waals surface area (Å²) in [6.45, 7) is 5.35. The van der Waals surface area contributed by atoms with E-state index in [0.717, 1.165) is 25.1 Å². The number of aryl methyl sites for hydroxylation is 1. The van der Waals surface area contributed by atoms with Gasteiger partial charge in [-0.15, -0.1) is 5.10 Å². The summed E-state index contributed by atoms with van der Waals surface area (Å²) in [6.07, 6.45) is 8.21. The summed E-state index contributed by atoms with van der Waals surface area (Å²) in [5, 5.41) is 11.2. The van der Waals surface area contributed by atoms with Crippen LogP contribution in [0.3, 0.4) is 0 Å². The van der Waals surface area contributed by atoms with Gasteiger partial charge < -0.3 is 5.32 Å². The van der Waals surface area contributed by atoms with Crippen LogP contribution in [0.15, 0.2) is 18.3 Å². The Labute approximate surface area is 91.4 Å². The predicted octanol–water partition coefficient (Wildman–Crippen LogP) is 1.30. The van der Waals surface area contributed by atoms with Crippen LogP contribution in [0.2, 0.25) is 0 Å². The summed E-state index contributed by atoms with van der Waals surface area (Å²) in [5.74, 6) is 0. The molecule has 0 fully saturated rings. The monoisotopic (exact) mass is 208 g/mol. The van der Waals surface area contributed by atoms with Crippen LogP contribution in [-0.4, -0.2) is 27.6 Å². The maximum atomic E-state index is 4.01. The molecule has 1 aromatic heterocycles. The van der Waals surface area contributed by atoms with Gasteiger partial charge in [0.2, 0.25) is 0 Å². The topological polar surface area (TPSA) is 42.7 Å². The van der Waals surface area contributed by atoms with Gasteiger partial charge >= 0.3 is 0 Å². The minimum atomic E-state index is 0.568. The first-order valence-corrected chi connectivity index (χ1v) is 5.42. The normalized spacial score (nSPS) is 11.7. The van der Waals surface area contributed by atoms with Crippen LogP contribution in [0.25, 0.3) is 0 Å². The van der Waals surface area contributed by atoms with E-state index >= 15 is 0 Å². The minimum Gasteiger partial charge on any atom is -0.314 e. The number of aromatic nitrogens is 3. The Morgan fingerprint density at radius 1 is 1.47 bits per heavy atom. The van der Waals surface area contributed by atoms with E-state index in [0.29, 0.717) is 6.04 Å². The van der Waals surface area contributed by atoms with Crippen molar-refractivity contribution in [2.24, 2.45) is 7.05 Å². The van der Waals surface area contributed by atoms with Crippen molar-refractivity contribution < 1.29 is 0 Å². The van der Waals surface area contributed by atoms with Crippen molar-refractivity contribution in [3.63, 3.8) is 0 Å². The molecule has 0 aliphatic heterocycles. The molecular weight excluding hydrogens is 188 g/mol. The van der Waals surface area contributed by atoms with Crippen LogP contribution in [0, 0.1) is 0 Å². The first kappa shape index (κ1) is 11.9. The fourth-order valence-corrected chi connectivity index (χ4v) is 1.27. The third kappa shape index (κ3) is 5.32. The van der Waals surface area contributed by atoms with Crippen LogP contribution in [0.1, 0.15) is 26.0 Å². The van der Waals surface area contributed by atoms with Gasteiger partial charge in [-0.1, -0.05) is 31.2 Å². The molecule has 1 rings (SSSR count). The molecule has 0 unspecified atom stereocenters. The lowest BCUT2D eigenvalue weighted by atomic mass is 10.2. The van der Waals surface area contributed by atoms with Crippen molar-refractivity contribution >= 4 is 0 Å². The van der Waals surface area contributed by atoms with E-state index in [9.17, 15) is 0 Å². The SMILES string of the molecule is CC(C)NCC/C=C/Cc1cn(C)nn1. The van der Waals surface area contributed by atoms with Gasteiger partial charge in [0.1, 0.15) is 0 Å². The lowest BCUT2D eigenvalue weighted by Gasteiger charge is -2.04. The Morgan fingerprint density at radius 2 is 2.27 bits per heavy atom. The Bertz CT molecular complexity index is 301. The molecule has 0 aromatic carbocycles. The number of rotatable bonds is 6. The molecule has 0 radical (unpaired) electrons. The van der Waals surface area contributed by atoms with Crippen LogP contribution >= 0.6 is 0 Å². The number of hydrogen-bond donors (Lipinski definition) is 1. The summed E-state index contributed by atoms with van der Waals surface area (Å²) in [4.78, 5) is 0. The first-order valence-electron chi connectivity index (χ1n) is 5.42. The zero-order valence-electron chi connectivity index (χ0n) is 9.77. The summed E-state index contributed by atoms with van der Waals surface area (Å²) >= 11 is 0. The minimum absolute atomic E-state index is 0.568. The highest BCUT2D eigenvalue weighted by Crippen LogP contribution is 1.94. The lowest BCUT2D eigenvalue weighted by Crippen LogP contribution is -2.23. The fraction of sp³-hybridized carbons (Fsp3) is 0.636. The van der Waals surface area contributed by atoms with Gasteiger partial charge in [-0.2, -0.15) is 0 Å². The van der Waals surface area contributed by atoms with E-state index < -0.39 is 0 Å². The van der Waals surface area contributed by atoms with Gasteiger partial charge in [0.05, 0.1) is 5.69 Å². The quantitative estimate of drug-likeness (QED) is 0.566. The molecule has 84 valence electrons. The molecule has 4 nitrogen and oxygen atoms in total. The van der Waals surface area contributed by atoms with Crippen LogP contribution < -0.4 is 5.32 Å². The third-order valence-electron chi connectivity index (χ3n) is 2.01. The second kappa shape index (κ2) is 6.35. The predicted molar refractivity (Wildman–Crippen MR) is 61.6 cm³/mol. The highest BCUT2D eigenvalue weighted by molar-refractivity contribution is 5.00. The molecule has 0 saturated carbocycles. The first-order chi connectivity index (χ1) is 7.18. The Balaban J connectivity index is 2.12. The smallest absolute Gasteiger partial charge is 0.0864 e. The number of nitrogens with zero attached hydrogens (tertiary/aromatic N) is 3. The molecule has 0 amide bonds. The van der Waals surface area contributed by atoms with Crippen molar-refractivity contribution in [2.45, 2.75) is 32.7 Å². The molecule has 0 bridgehead atoms. The van der Waals surface area contributed by atoms with Crippen LogP contribution in [0.4, 0.5) is 0 Å². The zero-order valence-corrected chi connectivity index (χ0v) is 9.77. The highest BCUT2D eigenvalue weighted by atomic mass is 15.4. The molecule has 4 heteroatoms. The summed E-state index contributed by atoms with van der Waals surface area (Å²) in [7, 11) is 1.88. The van der Waals surface area contributed by atoms with E-state index in [2.05, 4.69) is 41.6 Å². The summed E-state index contributed by atoms with van der Waals surface area (Å²) in [6, 6.07) is 0.568. The van der Waals surface area contributed by atoms with Gasteiger partial charge in [0.25, 0.3) is 0 Å². The Hall–Kier alpha value is -1.16. The van der Waals surface area contributed by atoms with Crippen molar-refractivity contribution in [1.82, 2.24) is 20.3 Å². The van der Waals surface area contributed by atoms with E-state index in [1.807, 2.05) is 13.2 Å². The third-order valence-corrected chi connectivity index (χ3v) is 2.01. The van der Waals surface area contributed by atoms with Crippen molar-refractivity contribution in [1.29, 1.82) is 0 Å². The molecule has 1 heterocycles. The maximum absolute atomic E-state index is 4.01. The van der Waals surface area contributed by atoms with Crippen LogP contribution in [0.5, 0.6) is 0 Å². The second-order valence-corrected chi connectivity index (χ2v) is 3.96. The second-order valence-electron chi connectivity index (χ2n) is 3.96. The zero-order chi connectivity index (χ0) is 11.1. The number of allylic oxidation sites excluding steroid dienone is 1. The molecule has 0 aliphatic carbocycles. The average Bonchev–Trinajstić information content (AvgIpc) is 2.57. The number of nitrogens with one attached hydrogen (secondary N) is 1. The summed E-state index contributed by atoms with van der Waals surface area (Å²) in [5.41, 5.74) is 1.02. The molecule has 0 atom stereocenters. The molecule has 1 aromatic rings. The Morgan fingerprint density at radius 3 is 2.87 bits per heavy atom. The average molecular weight is 208 g/mol. The van der Waals surface area contributed by atoms with Gasteiger partial charge in [-0.3, -0.25) is 4.68 Å². The van der Waals surface area contributed by atoms with E-state index in [1.165, 1.54) is 0 Å². The number of hydrogen-bond acceptors (Lipinski definition) is 3. The fourth-order valence-electron chi connectivity index (χ4n) is 1.27. The molecular formula is C11H20N4. The largest absolute Gasteiger partial charge is 0.314 e. The lowest BCUT2D eigenvalue weighted by molar-refractivity contribution is 0.594. The maximum Gasteiger partial charge on any atom is 0.0864 e. The van der Waals surface area contributed by atoms with Crippen molar-refractivity contribution in [2.75, 3.05) is 6.54 Å². The molecule has 1 N–H and O–H groups in total. The van der Waals surface area contributed by atoms with Gasteiger partial charge in [-0.25, -0.2) is 0 Å². The van der Waals surface area contributed by atoms with Gasteiger partial charge in [0.15, 0.2) is 0 Å². The van der Waals surface area contributed by atoms with Crippen LogP contribution in [-0.2, 0) is 13.5 Å². The highest BCUT2D eigenvalue weighted by Gasteiger charge is 1.93. The molecule has 0 saturated heterocycles. The van der Waals surface area contributed by atoms with E-state index in [4.69, 9.17) is 0 Å². The van der Waals surface area contributed by atoms with Crippen molar-refractivity contribution in [3.8, 4) is 0 Å². The standard InChI is InChI=1S/C11H20N4/c1-10(2)12-8-6-4-5-7-11-9-15(3)14-13-11/h4-5,9-10,12H,6-8H2,1-3H3/b5-4+.